The monoisotopic (exact) mass is 266 g/mol. The molecule has 1 aliphatic heterocycles. The predicted molar refractivity (Wildman–Crippen MR) is 72.0 cm³/mol. The minimum absolute atomic E-state index is 0.0778. The fraction of sp³-hybridized carbons (Fsp3) is 0.636. The van der Waals surface area contributed by atoms with Crippen LogP contribution < -0.4 is 10.6 Å². The highest BCUT2D eigenvalue weighted by Gasteiger charge is 2.27. The maximum absolute atomic E-state index is 11.1. The summed E-state index contributed by atoms with van der Waals surface area (Å²) in [5, 5.41) is 11.1. The van der Waals surface area contributed by atoms with Crippen molar-refractivity contribution in [3.63, 3.8) is 0 Å². The molecule has 8 heteroatoms. The van der Waals surface area contributed by atoms with Crippen LogP contribution in [-0.2, 0) is 0 Å². The maximum Gasteiger partial charge on any atom is 0.353 e. The number of nitrogens with two attached hydrogens (primary N) is 1. The molecule has 1 aromatic heterocycles. The molecule has 2 N–H and O–H groups in total. The van der Waals surface area contributed by atoms with E-state index in [1.165, 1.54) is 6.33 Å². The summed E-state index contributed by atoms with van der Waals surface area (Å²) < 4.78 is 0. The summed E-state index contributed by atoms with van der Waals surface area (Å²) in [6.07, 6.45) is 2.39. The van der Waals surface area contributed by atoms with Gasteiger partial charge in [0.15, 0.2) is 0 Å². The van der Waals surface area contributed by atoms with E-state index in [9.17, 15) is 10.1 Å². The first-order chi connectivity index (χ1) is 9.13. The summed E-state index contributed by atoms with van der Waals surface area (Å²) in [6.45, 7) is 6.41. The van der Waals surface area contributed by atoms with E-state index in [0.717, 1.165) is 39.1 Å². The molecule has 1 fully saturated rings. The van der Waals surface area contributed by atoms with Gasteiger partial charge in [-0.25, -0.2) is 9.97 Å². The van der Waals surface area contributed by atoms with Crippen molar-refractivity contribution in [2.75, 3.05) is 43.4 Å². The van der Waals surface area contributed by atoms with Crippen LogP contribution in [0.2, 0.25) is 0 Å². The zero-order valence-corrected chi connectivity index (χ0v) is 10.9. The SMILES string of the molecule is CCCN1CCN(c2ncnc(N)c2[N+](=O)[O-])CC1. The van der Waals surface area contributed by atoms with Gasteiger partial charge in [0, 0.05) is 26.2 Å². The average molecular weight is 266 g/mol. The topological polar surface area (TPSA) is 101 Å². The maximum atomic E-state index is 11.1. The van der Waals surface area contributed by atoms with Crippen molar-refractivity contribution in [1.82, 2.24) is 14.9 Å². The van der Waals surface area contributed by atoms with Crippen LogP contribution in [0.25, 0.3) is 0 Å². The van der Waals surface area contributed by atoms with E-state index in [-0.39, 0.29) is 11.5 Å². The largest absolute Gasteiger partial charge is 0.378 e. The number of aromatic nitrogens is 2. The molecular formula is C11H18N6O2. The van der Waals surface area contributed by atoms with Crippen LogP contribution in [0.15, 0.2) is 6.33 Å². The molecule has 19 heavy (non-hydrogen) atoms. The van der Waals surface area contributed by atoms with Crippen molar-refractivity contribution >= 4 is 17.3 Å². The second-order valence-electron chi connectivity index (χ2n) is 4.52. The van der Waals surface area contributed by atoms with E-state index >= 15 is 0 Å². The highest BCUT2D eigenvalue weighted by atomic mass is 16.6. The molecule has 0 amide bonds. The third kappa shape index (κ3) is 2.90. The highest BCUT2D eigenvalue weighted by Crippen LogP contribution is 2.30. The van der Waals surface area contributed by atoms with E-state index < -0.39 is 4.92 Å². The van der Waals surface area contributed by atoms with Gasteiger partial charge in [-0.05, 0) is 13.0 Å². The zero-order valence-electron chi connectivity index (χ0n) is 10.9. The van der Waals surface area contributed by atoms with Crippen molar-refractivity contribution in [3.05, 3.63) is 16.4 Å². The number of nitro groups is 1. The lowest BCUT2D eigenvalue weighted by Crippen LogP contribution is -2.47. The highest BCUT2D eigenvalue weighted by molar-refractivity contribution is 5.68. The minimum Gasteiger partial charge on any atom is -0.378 e. The molecule has 0 atom stereocenters. The van der Waals surface area contributed by atoms with Gasteiger partial charge in [0.2, 0.25) is 11.6 Å². The van der Waals surface area contributed by atoms with Gasteiger partial charge < -0.3 is 10.6 Å². The van der Waals surface area contributed by atoms with Gasteiger partial charge in [0.25, 0.3) is 0 Å². The Morgan fingerprint density at radius 1 is 1.37 bits per heavy atom. The van der Waals surface area contributed by atoms with Gasteiger partial charge in [-0.15, -0.1) is 0 Å². The standard InChI is InChI=1S/C11H18N6O2/c1-2-3-15-4-6-16(7-5-15)11-9(17(18)19)10(12)13-8-14-11/h8H,2-7H2,1H3,(H2,12,13,14). The van der Waals surface area contributed by atoms with Crippen LogP contribution in [0.5, 0.6) is 0 Å². The molecule has 8 nitrogen and oxygen atoms in total. The molecule has 1 saturated heterocycles. The number of nitrogens with zero attached hydrogens (tertiary/aromatic N) is 5. The summed E-state index contributed by atoms with van der Waals surface area (Å²) in [5.41, 5.74) is 5.39. The molecule has 0 aliphatic carbocycles. The number of hydrogen-bond acceptors (Lipinski definition) is 7. The Balaban J connectivity index is 2.15. The zero-order chi connectivity index (χ0) is 13.8. The Morgan fingerprint density at radius 3 is 2.63 bits per heavy atom. The Morgan fingerprint density at radius 2 is 2.05 bits per heavy atom. The Hall–Kier alpha value is -1.96. The van der Waals surface area contributed by atoms with E-state index in [1.54, 1.807) is 0 Å². The normalized spacial score (nSPS) is 16.6. The quantitative estimate of drug-likeness (QED) is 0.625. The van der Waals surface area contributed by atoms with Crippen LogP contribution in [0, 0.1) is 10.1 Å². The number of rotatable bonds is 4. The lowest BCUT2D eigenvalue weighted by molar-refractivity contribution is -0.383. The van der Waals surface area contributed by atoms with Crippen molar-refractivity contribution in [2.24, 2.45) is 0 Å². The molecule has 0 unspecified atom stereocenters. The van der Waals surface area contributed by atoms with Gasteiger partial charge in [-0.2, -0.15) is 0 Å². The van der Waals surface area contributed by atoms with Crippen molar-refractivity contribution < 1.29 is 4.92 Å². The molecule has 2 rings (SSSR count). The van der Waals surface area contributed by atoms with E-state index in [4.69, 9.17) is 5.73 Å². The summed E-state index contributed by atoms with van der Waals surface area (Å²) in [7, 11) is 0. The second-order valence-corrected chi connectivity index (χ2v) is 4.52. The number of hydrogen-bond donors (Lipinski definition) is 1. The molecule has 1 aliphatic rings. The molecule has 2 heterocycles. The van der Waals surface area contributed by atoms with Crippen LogP contribution in [-0.4, -0.2) is 52.5 Å². The fourth-order valence-corrected chi connectivity index (χ4v) is 2.29. The summed E-state index contributed by atoms with van der Waals surface area (Å²) in [5.74, 6) is 0.250. The van der Waals surface area contributed by atoms with E-state index in [1.807, 2.05) is 4.90 Å². The molecule has 0 bridgehead atoms. The van der Waals surface area contributed by atoms with E-state index in [0.29, 0.717) is 5.82 Å². The number of nitrogen functional groups attached to an aromatic ring is 1. The van der Waals surface area contributed by atoms with Crippen molar-refractivity contribution in [2.45, 2.75) is 13.3 Å². The number of piperazine rings is 1. The van der Waals surface area contributed by atoms with Crippen LogP contribution in [0.3, 0.4) is 0 Å². The fourth-order valence-electron chi connectivity index (χ4n) is 2.29. The molecule has 1 aromatic rings. The molecular weight excluding hydrogens is 248 g/mol. The smallest absolute Gasteiger partial charge is 0.353 e. The summed E-state index contributed by atoms with van der Waals surface area (Å²) in [4.78, 5) is 22.5. The van der Waals surface area contributed by atoms with E-state index in [2.05, 4.69) is 21.8 Å². The minimum atomic E-state index is -0.511. The van der Waals surface area contributed by atoms with Gasteiger partial charge >= 0.3 is 5.69 Å². The lowest BCUT2D eigenvalue weighted by atomic mass is 10.3. The summed E-state index contributed by atoms with van der Waals surface area (Å²) >= 11 is 0. The van der Waals surface area contributed by atoms with Crippen LogP contribution in [0.4, 0.5) is 17.3 Å². The van der Waals surface area contributed by atoms with Crippen LogP contribution >= 0.6 is 0 Å². The van der Waals surface area contributed by atoms with Gasteiger partial charge in [0.1, 0.15) is 6.33 Å². The predicted octanol–water partition coefficient (Wildman–Crippen LogP) is 0.499. The van der Waals surface area contributed by atoms with Gasteiger partial charge in [-0.3, -0.25) is 15.0 Å². The molecule has 0 radical (unpaired) electrons. The first-order valence-corrected chi connectivity index (χ1v) is 6.35. The summed E-state index contributed by atoms with van der Waals surface area (Å²) in [6, 6.07) is 0. The van der Waals surface area contributed by atoms with Gasteiger partial charge in [0.05, 0.1) is 4.92 Å². The lowest BCUT2D eigenvalue weighted by Gasteiger charge is -2.34. The Kier molecular flexibility index (Phi) is 4.10. The molecule has 0 spiro atoms. The molecule has 0 saturated carbocycles. The molecule has 0 aromatic carbocycles. The Bertz CT molecular complexity index is 458. The van der Waals surface area contributed by atoms with Crippen LogP contribution in [0.1, 0.15) is 13.3 Å². The average Bonchev–Trinajstić information content (AvgIpc) is 2.39. The van der Waals surface area contributed by atoms with Gasteiger partial charge in [-0.1, -0.05) is 6.92 Å². The van der Waals surface area contributed by atoms with Crippen molar-refractivity contribution in [1.29, 1.82) is 0 Å². The third-order valence-corrected chi connectivity index (χ3v) is 3.23. The first kappa shape index (κ1) is 13.5. The molecule has 104 valence electrons. The third-order valence-electron chi connectivity index (χ3n) is 3.23. The first-order valence-electron chi connectivity index (χ1n) is 6.35. The Labute approximate surface area is 111 Å². The number of anilines is 2. The van der Waals surface area contributed by atoms with Crippen molar-refractivity contribution in [3.8, 4) is 0 Å². The second kappa shape index (κ2) is 5.79.